The van der Waals surface area contributed by atoms with Crippen molar-refractivity contribution in [2.75, 3.05) is 9.80 Å². The Kier molecular flexibility index (Phi) is 11.1. The van der Waals surface area contributed by atoms with Gasteiger partial charge >= 0.3 is 0 Å². The summed E-state index contributed by atoms with van der Waals surface area (Å²) < 4.78 is 14.6. The number of anilines is 6. The van der Waals surface area contributed by atoms with Crippen molar-refractivity contribution in [2.45, 2.75) is 67.2 Å². The molecule has 0 fully saturated rings. The molecule has 14 aromatic rings. The molecule has 378 valence electrons. The van der Waals surface area contributed by atoms with Crippen LogP contribution in [0.25, 0.3) is 98.4 Å². The fourth-order valence-corrected chi connectivity index (χ4v) is 12.9. The van der Waals surface area contributed by atoms with E-state index in [9.17, 15) is 0 Å². The van der Waals surface area contributed by atoms with E-state index >= 15 is 0 Å². The Balaban J connectivity index is 1.07. The minimum absolute atomic E-state index is 0.216. The van der Waals surface area contributed by atoms with Crippen LogP contribution in [-0.4, -0.2) is 0 Å². The van der Waals surface area contributed by atoms with Gasteiger partial charge in [-0.3, -0.25) is 0 Å². The number of benzene rings is 12. The Bertz CT molecular complexity index is 4400. The molecule has 0 atom stereocenters. The summed E-state index contributed by atoms with van der Waals surface area (Å²) >= 11 is 0. The van der Waals surface area contributed by atoms with Gasteiger partial charge in [0.25, 0.3) is 0 Å². The van der Waals surface area contributed by atoms with Gasteiger partial charge in [-0.15, -0.1) is 0 Å². The van der Waals surface area contributed by atoms with E-state index in [1.807, 2.05) is 0 Å². The number of fused-ring (bicyclic) bond motifs is 6. The first-order chi connectivity index (χ1) is 38.0. The van der Waals surface area contributed by atoms with E-state index < -0.39 is 0 Å². The van der Waals surface area contributed by atoms with Crippen LogP contribution in [0.15, 0.2) is 215 Å². The predicted molar refractivity (Wildman–Crippen MR) is 332 cm³/mol. The molecular formula is C74H60N2O2. The molecule has 0 aliphatic rings. The third-order valence-electron chi connectivity index (χ3n) is 16.7. The molecule has 2 aromatic heterocycles. The van der Waals surface area contributed by atoms with Crippen LogP contribution in [0.5, 0.6) is 0 Å². The van der Waals surface area contributed by atoms with Gasteiger partial charge < -0.3 is 18.6 Å². The Morgan fingerprint density at radius 2 is 0.590 bits per heavy atom. The molecule has 0 aliphatic heterocycles. The van der Waals surface area contributed by atoms with Gasteiger partial charge in [-0.25, -0.2) is 0 Å². The third-order valence-corrected chi connectivity index (χ3v) is 16.7. The van der Waals surface area contributed by atoms with Gasteiger partial charge in [0.1, 0.15) is 11.2 Å². The zero-order valence-electron chi connectivity index (χ0n) is 45.5. The smallest absolute Gasteiger partial charge is 0.159 e. The molecule has 4 heteroatoms. The van der Waals surface area contributed by atoms with E-state index in [2.05, 4.69) is 271 Å². The molecule has 0 saturated heterocycles. The van der Waals surface area contributed by atoms with Crippen molar-refractivity contribution in [1.82, 2.24) is 0 Å². The maximum Gasteiger partial charge on any atom is 0.159 e. The van der Waals surface area contributed by atoms with Crippen LogP contribution in [0, 0.1) is 27.7 Å². The highest BCUT2D eigenvalue weighted by Crippen LogP contribution is 2.54. The van der Waals surface area contributed by atoms with Crippen molar-refractivity contribution in [1.29, 1.82) is 0 Å². The molecule has 0 radical (unpaired) electrons. The molecule has 0 N–H and O–H groups in total. The highest BCUT2D eigenvalue weighted by atomic mass is 16.3. The lowest BCUT2D eigenvalue weighted by Gasteiger charge is -2.32. The third kappa shape index (κ3) is 7.19. The van der Waals surface area contributed by atoms with E-state index in [1.165, 1.54) is 76.8 Å². The zero-order chi connectivity index (χ0) is 53.1. The second kappa shape index (κ2) is 18.3. The number of hydrogen-bond acceptors (Lipinski definition) is 4. The highest BCUT2D eigenvalue weighted by Gasteiger charge is 2.30. The highest BCUT2D eigenvalue weighted by molar-refractivity contribution is 6.30. The molecule has 2 heterocycles. The van der Waals surface area contributed by atoms with E-state index in [4.69, 9.17) is 8.83 Å². The topological polar surface area (TPSA) is 32.8 Å². The normalized spacial score (nSPS) is 12.1. The predicted octanol–water partition coefficient (Wildman–Crippen LogP) is 22.1. The van der Waals surface area contributed by atoms with Crippen LogP contribution >= 0.6 is 0 Å². The largest absolute Gasteiger partial charge is 0.453 e. The summed E-state index contributed by atoms with van der Waals surface area (Å²) in [5.74, 6) is 0.432. The summed E-state index contributed by atoms with van der Waals surface area (Å²) in [4.78, 5) is 4.98. The molecule has 0 saturated carbocycles. The standard InChI is InChI=1S/C74H60N2O2/c1-43(2)61-41-67(75(63-33-15-11-23-47(63)7)65-35-19-31-57-55-29-17-27-53(71(55)77-73(57)65)49-25-13-9-21-45(49)5)59-40-38-52-62(44(3)4)42-68(60-39-37-51(61)69(59)70(52)60)76(64-34-16-12-24-48(64)8)66-36-20-32-58-56-30-18-28-54(72(56)78-74(58)66)50-26-14-10-22-46(50)6/h9-44H,1-8H3. The van der Waals surface area contributed by atoms with Gasteiger partial charge in [-0.05, 0) is 142 Å². The van der Waals surface area contributed by atoms with E-state index in [1.54, 1.807) is 0 Å². The van der Waals surface area contributed by atoms with Crippen LogP contribution < -0.4 is 9.80 Å². The van der Waals surface area contributed by atoms with Crippen molar-refractivity contribution in [3.05, 3.63) is 240 Å². The second-order valence-corrected chi connectivity index (χ2v) is 22.1. The molecular weight excluding hydrogens is 949 g/mol. The van der Waals surface area contributed by atoms with Gasteiger partial charge in [-0.1, -0.05) is 198 Å². The van der Waals surface area contributed by atoms with E-state index in [0.717, 1.165) is 89.1 Å². The van der Waals surface area contributed by atoms with Crippen LogP contribution in [0.2, 0.25) is 0 Å². The van der Waals surface area contributed by atoms with Crippen LogP contribution in [-0.2, 0) is 0 Å². The molecule has 0 bridgehead atoms. The van der Waals surface area contributed by atoms with Crippen molar-refractivity contribution in [3.63, 3.8) is 0 Å². The van der Waals surface area contributed by atoms with E-state index in [-0.39, 0.29) is 11.8 Å². The number of nitrogens with zero attached hydrogens (tertiary/aromatic N) is 2. The van der Waals surface area contributed by atoms with Crippen molar-refractivity contribution >= 4 is 110 Å². The zero-order valence-corrected chi connectivity index (χ0v) is 45.5. The summed E-state index contributed by atoms with van der Waals surface area (Å²) in [5, 5.41) is 11.8. The number of furan rings is 2. The first-order valence-electron chi connectivity index (χ1n) is 27.6. The first kappa shape index (κ1) is 47.3. The monoisotopic (exact) mass is 1010 g/mol. The molecule has 78 heavy (non-hydrogen) atoms. The summed E-state index contributed by atoms with van der Waals surface area (Å²) in [5.41, 5.74) is 21.9. The van der Waals surface area contributed by atoms with Crippen LogP contribution in [0.3, 0.4) is 0 Å². The van der Waals surface area contributed by atoms with Gasteiger partial charge in [0.15, 0.2) is 11.2 Å². The minimum Gasteiger partial charge on any atom is -0.453 e. The maximum atomic E-state index is 7.30. The lowest BCUT2D eigenvalue weighted by atomic mass is 9.84. The molecule has 0 unspecified atom stereocenters. The van der Waals surface area contributed by atoms with Gasteiger partial charge in [0.2, 0.25) is 0 Å². The van der Waals surface area contributed by atoms with Crippen LogP contribution in [0.4, 0.5) is 34.1 Å². The summed E-state index contributed by atoms with van der Waals surface area (Å²) in [6, 6.07) is 75.8. The molecule has 12 aromatic carbocycles. The number of para-hydroxylation sites is 6. The van der Waals surface area contributed by atoms with E-state index in [0.29, 0.717) is 0 Å². The Morgan fingerprint density at radius 3 is 0.974 bits per heavy atom. The first-order valence-corrected chi connectivity index (χ1v) is 27.6. The van der Waals surface area contributed by atoms with Crippen molar-refractivity contribution in [2.24, 2.45) is 0 Å². The average molecular weight is 1010 g/mol. The Hall–Kier alpha value is -9.12. The Morgan fingerprint density at radius 1 is 0.269 bits per heavy atom. The summed E-state index contributed by atoms with van der Waals surface area (Å²) in [6.07, 6.45) is 0. The number of hydrogen-bond donors (Lipinski definition) is 0. The molecule has 14 rings (SSSR count). The SMILES string of the molecule is Cc1ccccc1-c1cccc2c1oc1c(N(c3ccccc3C)c3cc(C(C)C)c4ccc5c(N(c6ccccc6C)c6cccc7c6oc6c(-c8ccccc8C)cccc67)cc(C(C)C)c6ccc3c4c65)cccc12. The quantitative estimate of drug-likeness (QED) is 0.128. The number of rotatable bonds is 10. The number of aryl methyl sites for hydroxylation is 4. The van der Waals surface area contributed by atoms with Gasteiger partial charge in [0.05, 0.1) is 22.7 Å². The molecule has 0 aliphatic carbocycles. The second-order valence-electron chi connectivity index (χ2n) is 22.1. The molecule has 0 spiro atoms. The van der Waals surface area contributed by atoms with Gasteiger partial charge in [-0.2, -0.15) is 0 Å². The fourth-order valence-electron chi connectivity index (χ4n) is 12.9. The van der Waals surface area contributed by atoms with Gasteiger partial charge in [0, 0.05) is 54.8 Å². The Labute approximate surface area is 455 Å². The lowest BCUT2D eigenvalue weighted by molar-refractivity contribution is 0.670. The summed E-state index contributed by atoms with van der Waals surface area (Å²) in [6.45, 7) is 18.2. The van der Waals surface area contributed by atoms with Crippen LogP contribution in [0.1, 0.15) is 72.9 Å². The molecule has 4 nitrogen and oxygen atoms in total. The molecule has 0 amide bonds. The van der Waals surface area contributed by atoms with Crippen molar-refractivity contribution in [3.8, 4) is 22.3 Å². The maximum absolute atomic E-state index is 7.30. The summed E-state index contributed by atoms with van der Waals surface area (Å²) in [7, 11) is 0. The van der Waals surface area contributed by atoms with Crippen molar-refractivity contribution < 1.29 is 8.83 Å². The lowest BCUT2D eigenvalue weighted by Crippen LogP contribution is -2.14. The minimum atomic E-state index is 0.216. The average Bonchev–Trinajstić information content (AvgIpc) is 4.14. The fraction of sp³-hybridized carbons (Fsp3) is 0.135.